The Morgan fingerprint density at radius 2 is 0.696 bits per heavy atom. The number of rotatable bonds is 20. The van der Waals surface area contributed by atoms with Crippen molar-refractivity contribution >= 4 is 0 Å². The third kappa shape index (κ3) is 21.7. The Balaban J connectivity index is 2.93. The van der Waals surface area contributed by atoms with Crippen LogP contribution in [0.15, 0.2) is 12.7 Å². The van der Waals surface area contributed by atoms with E-state index < -0.39 is 0 Å². The van der Waals surface area contributed by atoms with Gasteiger partial charge in [-0.25, -0.2) is 0 Å². The molecule has 0 rings (SSSR count). The van der Waals surface area contributed by atoms with Gasteiger partial charge in [-0.05, 0) is 25.8 Å². The Hall–Kier alpha value is -0.300. The molecule has 1 heteroatoms. The third-order valence-corrected chi connectivity index (χ3v) is 4.86. The lowest BCUT2D eigenvalue weighted by molar-refractivity contribution is 0.524. The molecule has 0 aliphatic rings. The zero-order valence-corrected chi connectivity index (χ0v) is 16.0. The molecule has 1 nitrogen and oxygen atoms in total. The fraction of sp³-hybridized carbons (Fsp3) is 0.909. The number of hydrogen-bond acceptors (Lipinski definition) is 1. The molecule has 0 heterocycles. The molecule has 0 aliphatic carbocycles. The summed E-state index contributed by atoms with van der Waals surface area (Å²) in [6, 6.07) is 0. The summed E-state index contributed by atoms with van der Waals surface area (Å²) in [5.41, 5.74) is 5.50. The van der Waals surface area contributed by atoms with Crippen LogP contribution >= 0.6 is 0 Å². The lowest BCUT2D eigenvalue weighted by Crippen LogP contribution is -1.97. The van der Waals surface area contributed by atoms with Crippen LogP contribution in [0.4, 0.5) is 0 Å². The van der Waals surface area contributed by atoms with Gasteiger partial charge in [0.05, 0.1) is 0 Å². The van der Waals surface area contributed by atoms with E-state index in [1.54, 1.807) is 0 Å². The fourth-order valence-corrected chi connectivity index (χ4v) is 3.26. The minimum Gasteiger partial charge on any atom is -0.330 e. The summed E-state index contributed by atoms with van der Waals surface area (Å²) in [6.07, 6.45) is 28.9. The molecule has 0 aromatic carbocycles. The molecule has 0 aromatic rings. The van der Waals surface area contributed by atoms with Crippen molar-refractivity contribution in [2.45, 2.75) is 122 Å². The van der Waals surface area contributed by atoms with Crippen molar-refractivity contribution in [3.05, 3.63) is 12.7 Å². The van der Waals surface area contributed by atoms with Crippen molar-refractivity contribution in [1.82, 2.24) is 0 Å². The first kappa shape index (κ1) is 22.7. The van der Waals surface area contributed by atoms with Gasteiger partial charge >= 0.3 is 0 Å². The second-order valence-corrected chi connectivity index (χ2v) is 7.23. The predicted octanol–water partition coefficient (Wildman–Crippen LogP) is 7.54. The second kappa shape index (κ2) is 21.7. The molecule has 0 amide bonds. The van der Waals surface area contributed by atoms with E-state index in [9.17, 15) is 0 Å². The molecule has 0 bridgehead atoms. The molecular weight excluding hydrogens is 278 g/mol. The summed E-state index contributed by atoms with van der Waals surface area (Å²) < 4.78 is 0. The van der Waals surface area contributed by atoms with Crippen molar-refractivity contribution in [2.24, 2.45) is 5.73 Å². The van der Waals surface area contributed by atoms with Gasteiger partial charge in [0.1, 0.15) is 0 Å². The van der Waals surface area contributed by atoms with Crippen LogP contribution in [0.3, 0.4) is 0 Å². The first-order valence-electron chi connectivity index (χ1n) is 10.7. The van der Waals surface area contributed by atoms with Crippen molar-refractivity contribution in [1.29, 1.82) is 0 Å². The molecule has 2 N–H and O–H groups in total. The highest BCUT2D eigenvalue weighted by Crippen LogP contribution is 2.14. The Labute approximate surface area is 147 Å². The molecule has 0 saturated heterocycles. The van der Waals surface area contributed by atoms with Crippen LogP contribution < -0.4 is 5.73 Å². The smallest absolute Gasteiger partial charge is 0.00773 e. The maximum atomic E-state index is 5.50. The van der Waals surface area contributed by atoms with Crippen LogP contribution in [0.25, 0.3) is 0 Å². The number of unbranched alkanes of at least 4 members (excludes halogenated alkanes) is 18. The topological polar surface area (TPSA) is 26.0 Å². The molecule has 0 aliphatic heterocycles. The number of allylic oxidation sites excluding steroid dienone is 1. The molecule has 138 valence electrons. The molecule has 0 atom stereocenters. The molecular formula is C22H45N. The van der Waals surface area contributed by atoms with Crippen LogP contribution in [-0.2, 0) is 0 Å². The van der Waals surface area contributed by atoms with Gasteiger partial charge in [0.15, 0.2) is 0 Å². The summed E-state index contributed by atoms with van der Waals surface area (Å²) >= 11 is 0. The van der Waals surface area contributed by atoms with Gasteiger partial charge in [-0.3, -0.25) is 0 Å². The van der Waals surface area contributed by atoms with Gasteiger partial charge in [-0.15, -0.1) is 6.58 Å². The zero-order valence-electron chi connectivity index (χ0n) is 16.0. The van der Waals surface area contributed by atoms with Gasteiger partial charge in [0, 0.05) is 0 Å². The first-order valence-corrected chi connectivity index (χ1v) is 10.7. The predicted molar refractivity (Wildman–Crippen MR) is 107 cm³/mol. The van der Waals surface area contributed by atoms with E-state index in [1.165, 1.54) is 122 Å². The van der Waals surface area contributed by atoms with Crippen LogP contribution in [0, 0.1) is 0 Å². The van der Waals surface area contributed by atoms with Gasteiger partial charge in [-0.2, -0.15) is 0 Å². The van der Waals surface area contributed by atoms with Gasteiger partial charge in [-0.1, -0.05) is 109 Å². The molecule has 0 fully saturated rings. The van der Waals surface area contributed by atoms with E-state index in [0.717, 1.165) is 6.54 Å². The van der Waals surface area contributed by atoms with Crippen LogP contribution in [0.1, 0.15) is 122 Å². The summed E-state index contributed by atoms with van der Waals surface area (Å²) in [5, 5.41) is 0. The summed E-state index contributed by atoms with van der Waals surface area (Å²) in [6.45, 7) is 4.64. The minimum atomic E-state index is 0.871. The number of nitrogens with two attached hydrogens (primary N) is 1. The standard InChI is InChI=1S/C22H45N/c1-2-3-4-5-6-7-8-9-10-11-12-13-14-15-16-17-18-19-20-21-22-23/h2H,1,3-23H2. The average Bonchev–Trinajstić information content (AvgIpc) is 2.57. The molecule has 0 saturated carbocycles. The van der Waals surface area contributed by atoms with Crippen molar-refractivity contribution in [3.63, 3.8) is 0 Å². The molecule has 23 heavy (non-hydrogen) atoms. The highest BCUT2D eigenvalue weighted by Gasteiger charge is 1.95. The quantitative estimate of drug-likeness (QED) is 0.182. The van der Waals surface area contributed by atoms with E-state index >= 15 is 0 Å². The Bertz CT molecular complexity index is 212. The summed E-state index contributed by atoms with van der Waals surface area (Å²) in [5.74, 6) is 0. The van der Waals surface area contributed by atoms with E-state index in [1.807, 2.05) is 6.08 Å². The average molecular weight is 324 g/mol. The molecule has 0 radical (unpaired) electrons. The lowest BCUT2D eigenvalue weighted by atomic mass is 10.0. The van der Waals surface area contributed by atoms with Gasteiger partial charge in [0.25, 0.3) is 0 Å². The van der Waals surface area contributed by atoms with E-state index in [0.29, 0.717) is 0 Å². The van der Waals surface area contributed by atoms with Crippen molar-refractivity contribution in [3.8, 4) is 0 Å². The van der Waals surface area contributed by atoms with Crippen molar-refractivity contribution in [2.75, 3.05) is 6.54 Å². The van der Waals surface area contributed by atoms with E-state index in [-0.39, 0.29) is 0 Å². The fourth-order valence-electron chi connectivity index (χ4n) is 3.26. The number of hydrogen-bond donors (Lipinski definition) is 1. The van der Waals surface area contributed by atoms with Crippen LogP contribution in [0.2, 0.25) is 0 Å². The maximum Gasteiger partial charge on any atom is -0.00773 e. The van der Waals surface area contributed by atoms with Crippen LogP contribution in [-0.4, -0.2) is 6.54 Å². The van der Waals surface area contributed by atoms with Crippen LogP contribution in [0.5, 0.6) is 0 Å². The highest BCUT2D eigenvalue weighted by molar-refractivity contribution is 4.65. The molecule has 0 unspecified atom stereocenters. The largest absolute Gasteiger partial charge is 0.330 e. The Morgan fingerprint density at radius 1 is 0.435 bits per heavy atom. The monoisotopic (exact) mass is 323 g/mol. The Kier molecular flexibility index (Phi) is 21.4. The third-order valence-electron chi connectivity index (χ3n) is 4.86. The normalized spacial score (nSPS) is 11.0. The molecule has 0 spiro atoms. The first-order chi connectivity index (χ1) is 11.4. The van der Waals surface area contributed by atoms with Gasteiger partial charge < -0.3 is 5.73 Å². The zero-order chi connectivity index (χ0) is 16.8. The second-order valence-electron chi connectivity index (χ2n) is 7.23. The maximum absolute atomic E-state index is 5.50. The SMILES string of the molecule is C=CCCCCCCCCCCCCCCCCCCCCN. The van der Waals surface area contributed by atoms with E-state index in [4.69, 9.17) is 5.73 Å². The minimum absolute atomic E-state index is 0.871. The summed E-state index contributed by atoms with van der Waals surface area (Å²) in [4.78, 5) is 0. The Morgan fingerprint density at radius 3 is 0.957 bits per heavy atom. The van der Waals surface area contributed by atoms with E-state index in [2.05, 4.69) is 6.58 Å². The molecule has 0 aromatic heterocycles. The van der Waals surface area contributed by atoms with Crippen molar-refractivity contribution < 1.29 is 0 Å². The highest BCUT2D eigenvalue weighted by atomic mass is 14.5. The summed E-state index contributed by atoms with van der Waals surface area (Å²) in [7, 11) is 0. The van der Waals surface area contributed by atoms with Gasteiger partial charge in [0.2, 0.25) is 0 Å². The lowest BCUT2D eigenvalue weighted by Gasteiger charge is -2.03.